The third-order valence-electron chi connectivity index (χ3n) is 9.54. The van der Waals surface area contributed by atoms with Crippen LogP contribution in [0.25, 0.3) is 48.1 Å². The first kappa shape index (κ1) is 25.7. The van der Waals surface area contributed by atoms with Crippen molar-refractivity contribution in [1.29, 1.82) is 0 Å². The summed E-state index contributed by atoms with van der Waals surface area (Å²) in [5, 5.41) is 5.28. The SMILES string of the molecule is C1=Cc2cccc3cc4c(c(c23)C1)N(c1ccccc1)c1ccc(-c2cccc3c2sc2ccccc23)cc1N4c1ccccc1. The summed E-state index contributed by atoms with van der Waals surface area (Å²) in [6.07, 6.45) is 5.49. The quantitative estimate of drug-likeness (QED) is 0.198. The second-order valence-electron chi connectivity index (χ2n) is 12.1. The Labute approximate surface area is 271 Å². The van der Waals surface area contributed by atoms with Gasteiger partial charge in [0.15, 0.2) is 0 Å². The first-order valence-corrected chi connectivity index (χ1v) is 16.7. The van der Waals surface area contributed by atoms with Crippen molar-refractivity contribution in [2.24, 2.45) is 0 Å². The maximum absolute atomic E-state index is 2.50. The molecule has 0 atom stereocenters. The average molecular weight is 605 g/mol. The molecular formula is C43H28N2S. The molecule has 0 amide bonds. The van der Waals surface area contributed by atoms with Crippen molar-refractivity contribution in [2.75, 3.05) is 9.80 Å². The number of nitrogens with zero attached hydrogens (tertiary/aromatic N) is 2. The van der Waals surface area contributed by atoms with Crippen molar-refractivity contribution in [3.05, 3.63) is 163 Å². The molecule has 3 heteroatoms. The number of allylic oxidation sites excluding steroid dienone is 1. The van der Waals surface area contributed by atoms with Gasteiger partial charge in [-0.15, -0.1) is 11.3 Å². The average Bonchev–Trinajstić information content (AvgIpc) is 3.50. The van der Waals surface area contributed by atoms with Crippen molar-refractivity contribution in [1.82, 2.24) is 0 Å². The van der Waals surface area contributed by atoms with Gasteiger partial charge in [0.05, 0.1) is 22.7 Å². The standard InChI is InChI=1S/C43H28N2S/c1-3-15-31(16-4-1)44-38-26-29(33-20-11-21-35-34-19-7-8-23-40(34)46-43(33)35)24-25-37(38)45(32-17-5-2-6-18-32)42-36-22-10-13-28-12-9-14-30(41(28)36)27-39(42)44/h1-21,23-27H,22H2. The third kappa shape index (κ3) is 3.70. The van der Waals surface area contributed by atoms with Crippen LogP contribution in [0.1, 0.15) is 11.1 Å². The molecule has 0 saturated carbocycles. The van der Waals surface area contributed by atoms with Crippen molar-refractivity contribution in [3.8, 4) is 11.1 Å². The monoisotopic (exact) mass is 604 g/mol. The van der Waals surface area contributed by atoms with E-state index in [1.165, 1.54) is 81.6 Å². The molecule has 0 bridgehead atoms. The minimum absolute atomic E-state index is 0.893. The van der Waals surface area contributed by atoms with Gasteiger partial charge in [-0.1, -0.05) is 109 Å². The number of hydrogen-bond donors (Lipinski definition) is 0. The van der Waals surface area contributed by atoms with E-state index < -0.39 is 0 Å². The largest absolute Gasteiger partial charge is 0.306 e. The Hall–Kier alpha value is -5.64. The molecule has 0 radical (unpaired) electrons. The molecule has 0 spiro atoms. The molecular weight excluding hydrogens is 577 g/mol. The van der Waals surface area contributed by atoms with Crippen LogP contribution < -0.4 is 9.80 Å². The Balaban J connectivity index is 1.29. The molecule has 2 heterocycles. The normalized spacial score (nSPS) is 13.4. The molecule has 0 N–H and O–H groups in total. The lowest BCUT2D eigenvalue weighted by atomic mass is 9.88. The molecule has 46 heavy (non-hydrogen) atoms. The Morgan fingerprint density at radius 2 is 1.28 bits per heavy atom. The summed E-state index contributed by atoms with van der Waals surface area (Å²) < 4.78 is 2.66. The Bertz CT molecular complexity index is 2510. The molecule has 0 saturated heterocycles. The van der Waals surface area contributed by atoms with Gasteiger partial charge in [-0.25, -0.2) is 0 Å². The van der Waals surface area contributed by atoms with E-state index in [0.717, 1.165) is 12.1 Å². The molecule has 216 valence electrons. The Morgan fingerprint density at radius 1 is 0.543 bits per heavy atom. The smallest absolute Gasteiger partial charge is 0.0745 e. The van der Waals surface area contributed by atoms with Crippen LogP contribution in [0.2, 0.25) is 0 Å². The fourth-order valence-corrected chi connectivity index (χ4v) is 8.83. The minimum atomic E-state index is 0.893. The Kier molecular flexibility index (Phi) is 5.54. The molecule has 0 fully saturated rings. The van der Waals surface area contributed by atoms with Crippen LogP contribution in [0.15, 0.2) is 152 Å². The minimum Gasteiger partial charge on any atom is -0.306 e. The van der Waals surface area contributed by atoms with Crippen molar-refractivity contribution in [2.45, 2.75) is 6.42 Å². The number of fused-ring (bicyclic) bond motifs is 6. The van der Waals surface area contributed by atoms with Crippen molar-refractivity contribution < 1.29 is 0 Å². The summed E-state index contributed by atoms with van der Waals surface area (Å²) in [6.45, 7) is 0. The molecule has 1 aliphatic heterocycles. The summed E-state index contributed by atoms with van der Waals surface area (Å²) in [7, 11) is 0. The van der Waals surface area contributed by atoms with E-state index in [0.29, 0.717) is 0 Å². The molecule has 8 aromatic rings. The van der Waals surface area contributed by atoms with Gasteiger partial charge >= 0.3 is 0 Å². The number of hydrogen-bond acceptors (Lipinski definition) is 3. The third-order valence-corrected chi connectivity index (χ3v) is 10.8. The molecule has 2 aliphatic rings. The van der Waals surface area contributed by atoms with E-state index in [1.54, 1.807) is 0 Å². The molecule has 1 aliphatic carbocycles. The van der Waals surface area contributed by atoms with Crippen LogP contribution in [0, 0.1) is 0 Å². The van der Waals surface area contributed by atoms with E-state index in [4.69, 9.17) is 0 Å². The number of rotatable bonds is 3. The number of benzene rings is 7. The highest BCUT2D eigenvalue weighted by molar-refractivity contribution is 7.26. The topological polar surface area (TPSA) is 6.48 Å². The highest BCUT2D eigenvalue weighted by Gasteiger charge is 2.34. The zero-order valence-corrected chi connectivity index (χ0v) is 25.8. The lowest BCUT2D eigenvalue weighted by Gasteiger charge is -2.42. The Morgan fingerprint density at radius 3 is 2.13 bits per heavy atom. The van der Waals surface area contributed by atoms with Crippen molar-refractivity contribution in [3.63, 3.8) is 0 Å². The van der Waals surface area contributed by atoms with Crippen LogP contribution in [0.3, 0.4) is 0 Å². The van der Waals surface area contributed by atoms with Gasteiger partial charge in [0, 0.05) is 31.5 Å². The molecule has 1 aromatic heterocycles. The van der Waals surface area contributed by atoms with E-state index in [2.05, 4.69) is 168 Å². The zero-order valence-electron chi connectivity index (χ0n) is 25.0. The molecule has 10 rings (SSSR count). The first-order valence-electron chi connectivity index (χ1n) is 15.8. The highest BCUT2D eigenvalue weighted by Crippen LogP contribution is 2.58. The predicted octanol–water partition coefficient (Wildman–Crippen LogP) is 12.7. The van der Waals surface area contributed by atoms with Gasteiger partial charge < -0.3 is 9.80 Å². The maximum Gasteiger partial charge on any atom is 0.0745 e. The molecule has 7 aromatic carbocycles. The van der Waals surface area contributed by atoms with Gasteiger partial charge in [-0.2, -0.15) is 0 Å². The molecule has 0 unspecified atom stereocenters. The number of thiophene rings is 1. The highest BCUT2D eigenvalue weighted by atomic mass is 32.1. The van der Waals surface area contributed by atoms with Gasteiger partial charge in [-0.3, -0.25) is 0 Å². The summed E-state index contributed by atoms with van der Waals surface area (Å²) in [5.74, 6) is 0. The van der Waals surface area contributed by atoms with Crippen LogP contribution in [0.4, 0.5) is 34.1 Å². The van der Waals surface area contributed by atoms with Gasteiger partial charge in [0.2, 0.25) is 0 Å². The maximum atomic E-state index is 2.50. The number of para-hydroxylation sites is 2. The first-order chi connectivity index (χ1) is 22.8. The summed E-state index contributed by atoms with van der Waals surface area (Å²) >= 11 is 1.89. The van der Waals surface area contributed by atoms with Gasteiger partial charge in [-0.05, 0) is 88.0 Å². The van der Waals surface area contributed by atoms with E-state index >= 15 is 0 Å². The van der Waals surface area contributed by atoms with E-state index in [1.807, 2.05) is 11.3 Å². The zero-order chi connectivity index (χ0) is 30.2. The molecule has 2 nitrogen and oxygen atoms in total. The summed E-state index contributed by atoms with van der Waals surface area (Å²) in [5.41, 5.74) is 12.3. The lowest BCUT2D eigenvalue weighted by molar-refractivity contribution is 1.14. The van der Waals surface area contributed by atoms with E-state index in [9.17, 15) is 0 Å². The predicted molar refractivity (Wildman–Crippen MR) is 198 cm³/mol. The van der Waals surface area contributed by atoms with Crippen LogP contribution in [-0.2, 0) is 6.42 Å². The summed E-state index contributed by atoms with van der Waals surface area (Å²) in [6, 6.07) is 53.4. The van der Waals surface area contributed by atoms with Gasteiger partial charge in [0.1, 0.15) is 0 Å². The van der Waals surface area contributed by atoms with Crippen LogP contribution >= 0.6 is 11.3 Å². The second-order valence-corrected chi connectivity index (χ2v) is 13.2. The fourth-order valence-electron chi connectivity index (χ4n) is 7.59. The van der Waals surface area contributed by atoms with Crippen LogP contribution in [-0.4, -0.2) is 0 Å². The van der Waals surface area contributed by atoms with Crippen LogP contribution in [0.5, 0.6) is 0 Å². The lowest BCUT2D eigenvalue weighted by Crippen LogP contribution is -2.25. The van der Waals surface area contributed by atoms with Gasteiger partial charge in [0.25, 0.3) is 0 Å². The van der Waals surface area contributed by atoms with E-state index in [-0.39, 0.29) is 0 Å². The second kappa shape index (κ2) is 9.93. The number of anilines is 6. The summed E-state index contributed by atoms with van der Waals surface area (Å²) in [4.78, 5) is 4.98. The van der Waals surface area contributed by atoms with Crippen molar-refractivity contribution >= 4 is 82.5 Å². The fraction of sp³-hybridized carbons (Fsp3) is 0.0233.